The Morgan fingerprint density at radius 2 is 1.95 bits per heavy atom. The van der Waals surface area contributed by atoms with E-state index in [4.69, 9.17) is 0 Å². The molecular formula is C34H35FN6. The molecule has 0 spiro atoms. The van der Waals surface area contributed by atoms with Crippen molar-refractivity contribution in [3.63, 3.8) is 0 Å². The van der Waals surface area contributed by atoms with Gasteiger partial charge in [-0.05, 0) is 117 Å². The van der Waals surface area contributed by atoms with Crippen molar-refractivity contribution in [2.24, 2.45) is 0 Å². The lowest BCUT2D eigenvalue weighted by Gasteiger charge is -2.14. The van der Waals surface area contributed by atoms with Crippen molar-refractivity contribution in [1.29, 1.82) is 0 Å². The van der Waals surface area contributed by atoms with Crippen molar-refractivity contribution >= 4 is 27.6 Å². The Morgan fingerprint density at radius 3 is 2.73 bits per heavy atom. The highest BCUT2D eigenvalue weighted by Gasteiger charge is 2.16. The smallest absolute Gasteiger partial charge is 0.181 e. The molecule has 7 heteroatoms. The molecule has 1 fully saturated rings. The summed E-state index contributed by atoms with van der Waals surface area (Å²) in [6, 6.07) is 11.2. The first-order valence-corrected chi connectivity index (χ1v) is 14.3. The van der Waals surface area contributed by atoms with Crippen molar-refractivity contribution in [3.8, 4) is 22.5 Å². The summed E-state index contributed by atoms with van der Waals surface area (Å²) in [4.78, 5) is 15.2. The van der Waals surface area contributed by atoms with Crippen LogP contribution in [0.2, 0.25) is 0 Å². The van der Waals surface area contributed by atoms with Gasteiger partial charge in [-0.15, -0.1) is 0 Å². The Bertz CT molecular complexity index is 1760. The van der Waals surface area contributed by atoms with E-state index in [9.17, 15) is 4.39 Å². The summed E-state index contributed by atoms with van der Waals surface area (Å²) in [5.41, 5.74) is 9.02. The van der Waals surface area contributed by atoms with Crippen molar-refractivity contribution in [2.75, 3.05) is 19.6 Å². The summed E-state index contributed by atoms with van der Waals surface area (Å²) in [6.45, 7) is 11.6. The second-order valence-electron chi connectivity index (χ2n) is 10.8. The van der Waals surface area contributed by atoms with Crippen molar-refractivity contribution in [3.05, 3.63) is 96.1 Å². The van der Waals surface area contributed by atoms with Crippen LogP contribution in [0.25, 0.3) is 50.2 Å². The van der Waals surface area contributed by atoms with Gasteiger partial charge in [0.25, 0.3) is 0 Å². The molecule has 1 saturated heterocycles. The van der Waals surface area contributed by atoms with Gasteiger partial charge in [0.1, 0.15) is 11.5 Å². The van der Waals surface area contributed by atoms with E-state index in [1.807, 2.05) is 37.4 Å². The minimum Gasteiger partial charge on any atom is -0.338 e. The fourth-order valence-corrected chi connectivity index (χ4v) is 5.85. The highest BCUT2D eigenvalue weighted by Crippen LogP contribution is 2.34. The molecule has 41 heavy (non-hydrogen) atoms. The van der Waals surface area contributed by atoms with E-state index >= 15 is 0 Å². The van der Waals surface area contributed by atoms with Crippen molar-refractivity contribution < 1.29 is 4.39 Å². The lowest BCUT2D eigenvalue weighted by Crippen LogP contribution is -2.20. The zero-order valence-corrected chi connectivity index (χ0v) is 23.7. The predicted molar refractivity (Wildman–Crippen MR) is 166 cm³/mol. The number of pyridine rings is 2. The van der Waals surface area contributed by atoms with Gasteiger partial charge in [0.15, 0.2) is 5.65 Å². The number of H-pyrrole nitrogens is 2. The number of benzene rings is 1. The molecule has 0 saturated carbocycles. The third-order valence-corrected chi connectivity index (χ3v) is 7.95. The van der Waals surface area contributed by atoms with Gasteiger partial charge in [0.05, 0.1) is 11.4 Å². The SMILES string of the molecule is C=C/C(=C\C(=C/C)c1cnc2n[nH]c(-c3cc4c(-c5cc(C)cc(F)c5)ccnc4[nH]3)c2c1)CCCN1CCCC1. The molecule has 1 aromatic carbocycles. The maximum atomic E-state index is 14.2. The third-order valence-electron chi connectivity index (χ3n) is 7.95. The summed E-state index contributed by atoms with van der Waals surface area (Å²) < 4.78 is 14.2. The van der Waals surface area contributed by atoms with E-state index in [1.165, 1.54) is 37.6 Å². The van der Waals surface area contributed by atoms with Gasteiger partial charge in [-0.2, -0.15) is 5.10 Å². The summed E-state index contributed by atoms with van der Waals surface area (Å²) >= 11 is 0. The largest absolute Gasteiger partial charge is 0.338 e. The Balaban J connectivity index is 1.32. The number of likely N-dealkylation sites (tertiary alicyclic amines) is 1. The van der Waals surface area contributed by atoms with Gasteiger partial charge in [0, 0.05) is 28.7 Å². The topological polar surface area (TPSA) is 73.5 Å². The molecule has 1 aliphatic rings. The van der Waals surface area contributed by atoms with Crippen molar-refractivity contribution in [1.82, 2.24) is 30.0 Å². The number of hydrogen-bond acceptors (Lipinski definition) is 4. The number of halogens is 1. The number of nitrogens with zero attached hydrogens (tertiary/aromatic N) is 4. The molecule has 5 heterocycles. The summed E-state index contributed by atoms with van der Waals surface area (Å²) in [5, 5.41) is 9.47. The number of nitrogens with one attached hydrogen (secondary N) is 2. The molecule has 0 atom stereocenters. The van der Waals surface area contributed by atoms with Gasteiger partial charge in [0.2, 0.25) is 0 Å². The van der Waals surface area contributed by atoms with Crippen LogP contribution in [0.15, 0.2) is 79.2 Å². The van der Waals surface area contributed by atoms with E-state index in [2.05, 4.69) is 61.8 Å². The maximum Gasteiger partial charge on any atom is 0.181 e. The summed E-state index contributed by atoms with van der Waals surface area (Å²) in [6.07, 6.45) is 14.7. The van der Waals surface area contributed by atoms with E-state index in [0.717, 1.165) is 75.0 Å². The van der Waals surface area contributed by atoms with Crippen LogP contribution in [0.4, 0.5) is 4.39 Å². The standard InChI is InChI=1S/C34H35FN6/c1-4-23(9-8-14-41-12-6-7-13-41)17-24(5-2)26-19-30-32(39-40-34(30)37-21-26)31-20-29-28(10-11-36-33(29)38-31)25-15-22(3)16-27(35)18-25/h4-5,10-11,15-21H,1,6-9,12-14H2,2-3H3,(H,36,38)(H,37,39,40)/b23-17+,24-5+. The molecule has 4 aromatic heterocycles. The summed E-state index contributed by atoms with van der Waals surface area (Å²) in [5.74, 6) is -0.251. The number of rotatable bonds is 9. The number of aromatic amines is 2. The van der Waals surface area contributed by atoms with E-state index in [-0.39, 0.29) is 5.82 Å². The minimum absolute atomic E-state index is 0.251. The minimum atomic E-state index is -0.251. The third kappa shape index (κ3) is 5.63. The number of fused-ring (bicyclic) bond motifs is 2. The Kier molecular flexibility index (Phi) is 7.61. The zero-order chi connectivity index (χ0) is 28.3. The molecule has 0 amide bonds. The van der Waals surface area contributed by atoms with E-state index in [0.29, 0.717) is 5.65 Å². The second-order valence-corrected chi connectivity index (χ2v) is 10.8. The monoisotopic (exact) mass is 546 g/mol. The average Bonchev–Trinajstić information content (AvgIpc) is 3.73. The van der Waals surface area contributed by atoms with Crippen LogP contribution in [0.1, 0.15) is 43.7 Å². The quantitative estimate of drug-likeness (QED) is 0.184. The van der Waals surface area contributed by atoms with Gasteiger partial charge in [-0.1, -0.05) is 30.9 Å². The van der Waals surface area contributed by atoms with Crippen LogP contribution in [-0.2, 0) is 0 Å². The number of aryl methyl sites for hydroxylation is 1. The number of hydrogen-bond donors (Lipinski definition) is 2. The molecule has 5 aromatic rings. The number of aromatic nitrogens is 5. The molecule has 0 radical (unpaired) electrons. The lowest BCUT2D eigenvalue weighted by molar-refractivity contribution is 0.334. The van der Waals surface area contributed by atoms with E-state index in [1.54, 1.807) is 12.3 Å². The van der Waals surface area contributed by atoms with Crippen LogP contribution >= 0.6 is 0 Å². The molecule has 2 N–H and O–H groups in total. The van der Waals surface area contributed by atoms with E-state index < -0.39 is 0 Å². The van der Waals surface area contributed by atoms with Gasteiger partial charge in [-0.25, -0.2) is 14.4 Å². The second kappa shape index (κ2) is 11.6. The zero-order valence-electron chi connectivity index (χ0n) is 23.7. The van der Waals surface area contributed by atoms with Crippen LogP contribution in [0.5, 0.6) is 0 Å². The molecule has 0 aliphatic carbocycles. The average molecular weight is 547 g/mol. The highest BCUT2D eigenvalue weighted by molar-refractivity contribution is 5.99. The highest BCUT2D eigenvalue weighted by atomic mass is 19.1. The van der Waals surface area contributed by atoms with Crippen LogP contribution in [-0.4, -0.2) is 49.7 Å². The Hall–Kier alpha value is -4.36. The first-order chi connectivity index (χ1) is 20.0. The lowest BCUT2D eigenvalue weighted by atomic mass is 10.00. The van der Waals surface area contributed by atoms with Gasteiger partial charge >= 0.3 is 0 Å². The molecule has 0 bridgehead atoms. The molecule has 6 rings (SSSR count). The van der Waals surface area contributed by atoms with Gasteiger partial charge < -0.3 is 9.88 Å². The van der Waals surface area contributed by atoms with Crippen LogP contribution < -0.4 is 0 Å². The summed E-state index contributed by atoms with van der Waals surface area (Å²) in [7, 11) is 0. The molecule has 6 nitrogen and oxygen atoms in total. The first-order valence-electron chi connectivity index (χ1n) is 14.3. The van der Waals surface area contributed by atoms with Crippen LogP contribution in [0.3, 0.4) is 0 Å². The Labute approximate surface area is 239 Å². The Morgan fingerprint density at radius 1 is 1.10 bits per heavy atom. The molecule has 208 valence electrons. The maximum absolute atomic E-state index is 14.2. The van der Waals surface area contributed by atoms with Gasteiger partial charge in [-0.3, -0.25) is 5.10 Å². The normalized spacial score (nSPS) is 14.9. The van der Waals surface area contributed by atoms with Crippen molar-refractivity contribution in [2.45, 2.75) is 39.5 Å². The first kappa shape index (κ1) is 26.8. The fraction of sp³-hybridized carbons (Fsp3) is 0.265. The molecule has 0 unspecified atom stereocenters. The fourth-order valence-electron chi connectivity index (χ4n) is 5.85. The molecule has 1 aliphatic heterocycles. The molecular weight excluding hydrogens is 511 g/mol. The number of allylic oxidation sites excluding steroid dienone is 5. The predicted octanol–water partition coefficient (Wildman–Crippen LogP) is 8.01. The van der Waals surface area contributed by atoms with Crippen LogP contribution in [0, 0.1) is 12.7 Å².